The van der Waals surface area contributed by atoms with Crippen LogP contribution in [0.4, 0.5) is 0 Å². The zero-order valence-corrected chi connectivity index (χ0v) is 13.3. The number of carboxylic acids is 1. The molecule has 1 N–H and O–H groups in total. The van der Waals surface area contributed by atoms with E-state index in [1.165, 1.54) is 12.3 Å². The lowest BCUT2D eigenvalue weighted by Gasteiger charge is -2.32. The zero-order valence-electron chi connectivity index (χ0n) is 13.3. The molecule has 1 saturated heterocycles. The lowest BCUT2D eigenvalue weighted by molar-refractivity contribution is 0.00578. The van der Waals surface area contributed by atoms with Crippen molar-refractivity contribution < 1.29 is 23.9 Å². The summed E-state index contributed by atoms with van der Waals surface area (Å²) in [5, 5.41) is 9.16. The summed E-state index contributed by atoms with van der Waals surface area (Å²) in [5.74, 6) is -0.554. The van der Waals surface area contributed by atoms with E-state index in [-0.39, 0.29) is 11.8 Å². The summed E-state index contributed by atoms with van der Waals surface area (Å²) < 4.78 is 17.8. The number of rotatable bonds is 4. The summed E-state index contributed by atoms with van der Waals surface area (Å²) in [6, 6.07) is 1.47. The molecule has 1 aliphatic carbocycles. The first-order valence-electron chi connectivity index (χ1n) is 7.45. The summed E-state index contributed by atoms with van der Waals surface area (Å²) in [6.45, 7) is 7.81. The third kappa shape index (κ3) is 2.70. The maximum Gasteiger partial charge on any atom is 0.498 e. The third-order valence-electron chi connectivity index (χ3n) is 4.44. The minimum Gasteiger partial charge on any atom is -0.489 e. The summed E-state index contributed by atoms with van der Waals surface area (Å²) in [7, 11) is -0.667. The highest BCUT2D eigenvalue weighted by atomic mass is 16.7. The highest BCUT2D eigenvalue weighted by Gasteiger charge is 2.52. The minimum absolute atomic E-state index is 0.0483. The monoisotopic (exact) mass is 305 g/mol. The molecule has 2 aliphatic rings. The van der Waals surface area contributed by atoms with Gasteiger partial charge >= 0.3 is 13.1 Å². The fraction of sp³-hybridized carbons (Fsp3) is 0.600. The van der Waals surface area contributed by atoms with Gasteiger partial charge in [-0.2, -0.15) is 0 Å². The van der Waals surface area contributed by atoms with Crippen LogP contribution in [0, 0.1) is 0 Å². The molecule has 1 aliphatic heterocycles. The van der Waals surface area contributed by atoms with Crippen molar-refractivity contribution in [3.05, 3.63) is 18.0 Å². The molecule has 22 heavy (non-hydrogen) atoms. The van der Waals surface area contributed by atoms with Crippen molar-refractivity contribution in [3.63, 3.8) is 0 Å². The van der Waals surface area contributed by atoms with Gasteiger partial charge in [0, 0.05) is 5.46 Å². The first-order valence-corrected chi connectivity index (χ1v) is 7.45. The number of carbonyl (C=O) groups is 1. The van der Waals surface area contributed by atoms with Crippen LogP contribution in [-0.2, 0) is 9.31 Å². The van der Waals surface area contributed by atoms with Crippen LogP contribution >= 0.6 is 0 Å². The zero-order chi connectivity index (χ0) is 16.1. The van der Waals surface area contributed by atoms with Crippen molar-refractivity contribution in [1.29, 1.82) is 0 Å². The third-order valence-corrected chi connectivity index (χ3v) is 4.44. The van der Waals surface area contributed by atoms with Crippen molar-refractivity contribution in [2.45, 2.75) is 57.8 Å². The second-order valence-electron chi connectivity index (χ2n) is 6.82. The molecule has 0 amide bonds. The van der Waals surface area contributed by atoms with Crippen molar-refractivity contribution in [1.82, 2.24) is 4.98 Å². The number of aromatic carboxylic acids is 1. The van der Waals surface area contributed by atoms with Gasteiger partial charge in [0.1, 0.15) is 11.4 Å². The Hall–Kier alpha value is -1.60. The van der Waals surface area contributed by atoms with Crippen LogP contribution in [0.5, 0.6) is 5.75 Å². The molecule has 1 aromatic heterocycles. The molecule has 7 heteroatoms. The van der Waals surface area contributed by atoms with Gasteiger partial charge in [-0.15, -0.1) is 0 Å². The quantitative estimate of drug-likeness (QED) is 0.852. The fourth-order valence-corrected chi connectivity index (χ4v) is 2.19. The highest BCUT2D eigenvalue weighted by molar-refractivity contribution is 6.63. The molecule has 0 unspecified atom stereocenters. The molecule has 2 heterocycles. The number of pyridine rings is 1. The Morgan fingerprint density at radius 3 is 2.41 bits per heavy atom. The molecule has 0 aromatic carbocycles. The first kappa shape index (κ1) is 15.3. The van der Waals surface area contributed by atoms with Crippen LogP contribution in [0.25, 0.3) is 0 Å². The van der Waals surface area contributed by atoms with Gasteiger partial charge in [0.2, 0.25) is 0 Å². The Labute approximate surface area is 129 Å². The molecular formula is C15H20BNO5. The second kappa shape index (κ2) is 4.96. The summed E-state index contributed by atoms with van der Waals surface area (Å²) in [5.41, 5.74) is -0.465. The van der Waals surface area contributed by atoms with Gasteiger partial charge in [0.15, 0.2) is 0 Å². The van der Waals surface area contributed by atoms with E-state index < -0.39 is 24.3 Å². The normalized spacial score (nSPS) is 22.6. The number of nitrogens with zero attached hydrogens (tertiary/aromatic N) is 1. The average Bonchev–Trinajstić information content (AvgIpc) is 3.17. The van der Waals surface area contributed by atoms with E-state index in [1.807, 2.05) is 27.7 Å². The van der Waals surface area contributed by atoms with Crippen molar-refractivity contribution >= 4 is 18.6 Å². The molecule has 0 atom stereocenters. The van der Waals surface area contributed by atoms with E-state index in [9.17, 15) is 4.79 Å². The van der Waals surface area contributed by atoms with E-state index in [2.05, 4.69) is 4.98 Å². The van der Waals surface area contributed by atoms with E-state index in [1.54, 1.807) is 0 Å². The summed E-state index contributed by atoms with van der Waals surface area (Å²) in [4.78, 5) is 15.1. The Kier molecular flexibility index (Phi) is 3.45. The fourth-order valence-electron chi connectivity index (χ4n) is 2.19. The summed E-state index contributed by atoms with van der Waals surface area (Å²) in [6.07, 6.45) is 3.63. The lowest BCUT2D eigenvalue weighted by Crippen LogP contribution is -2.41. The predicted molar refractivity (Wildman–Crippen MR) is 80.6 cm³/mol. The van der Waals surface area contributed by atoms with E-state index >= 15 is 0 Å². The molecule has 2 fully saturated rings. The molecule has 1 aromatic rings. The van der Waals surface area contributed by atoms with Crippen LogP contribution in [0.15, 0.2) is 12.3 Å². The van der Waals surface area contributed by atoms with Crippen molar-refractivity contribution in [3.8, 4) is 5.75 Å². The Balaban J connectivity index is 1.96. The van der Waals surface area contributed by atoms with Crippen LogP contribution < -0.4 is 10.2 Å². The Morgan fingerprint density at radius 2 is 1.91 bits per heavy atom. The van der Waals surface area contributed by atoms with Crippen LogP contribution in [-0.4, -0.2) is 40.5 Å². The highest BCUT2D eigenvalue weighted by Crippen LogP contribution is 2.37. The Bertz CT molecular complexity index is 596. The molecule has 6 nitrogen and oxygen atoms in total. The molecule has 0 bridgehead atoms. The number of carboxylic acid groups (broad SMARTS) is 1. The standard InChI is InChI=1S/C15H20BNO5/c1-14(2)15(3,4)22-16(21-14)10-7-11(13(18)19)17-8-12(10)20-9-5-6-9/h7-9H,5-6H2,1-4H3,(H,18,19). The molecular weight excluding hydrogens is 285 g/mol. The van der Waals surface area contributed by atoms with Gasteiger partial charge < -0.3 is 19.2 Å². The number of ether oxygens (including phenoxy) is 1. The number of hydrogen-bond acceptors (Lipinski definition) is 5. The first-order chi connectivity index (χ1) is 10.2. The molecule has 3 rings (SSSR count). The van der Waals surface area contributed by atoms with Crippen molar-refractivity contribution in [2.24, 2.45) is 0 Å². The minimum atomic E-state index is -1.09. The molecule has 0 radical (unpaired) electrons. The number of hydrogen-bond donors (Lipinski definition) is 1. The van der Waals surface area contributed by atoms with Gasteiger partial charge in [-0.1, -0.05) is 0 Å². The predicted octanol–water partition coefficient (Wildman–Crippen LogP) is 1.62. The maximum atomic E-state index is 11.2. The smallest absolute Gasteiger partial charge is 0.489 e. The molecule has 0 spiro atoms. The molecule has 1 saturated carbocycles. The maximum absolute atomic E-state index is 11.2. The SMILES string of the molecule is CC1(C)OB(c2cc(C(=O)O)ncc2OC2CC2)OC1(C)C. The topological polar surface area (TPSA) is 77.9 Å². The van der Waals surface area contributed by atoms with E-state index in [0.717, 1.165) is 12.8 Å². The van der Waals surface area contributed by atoms with E-state index in [0.29, 0.717) is 11.2 Å². The molecule has 118 valence electrons. The average molecular weight is 305 g/mol. The summed E-state index contributed by atoms with van der Waals surface area (Å²) >= 11 is 0. The largest absolute Gasteiger partial charge is 0.498 e. The van der Waals surface area contributed by atoms with Gasteiger partial charge in [0.25, 0.3) is 0 Å². The van der Waals surface area contributed by atoms with E-state index in [4.69, 9.17) is 19.2 Å². The van der Waals surface area contributed by atoms with Crippen LogP contribution in [0.1, 0.15) is 51.0 Å². The lowest BCUT2D eigenvalue weighted by atomic mass is 9.78. The van der Waals surface area contributed by atoms with Gasteiger partial charge in [-0.3, -0.25) is 0 Å². The van der Waals surface area contributed by atoms with Crippen LogP contribution in [0.3, 0.4) is 0 Å². The number of aromatic nitrogens is 1. The van der Waals surface area contributed by atoms with Crippen molar-refractivity contribution in [2.75, 3.05) is 0 Å². The second-order valence-corrected chi connectivity index (χ2v) is 6.82. The van der Waals surface area contributed by atoms with Gasteiger partial charge in [-0.25, -0.2) is 9.78 Å². The van der Waals surface area contributed by atoms with Gasteiger partial charge in [0.05, 0.1) is 23.5 Å². The van der Waals surface area contributed by atoms with Gasteiger partial charge in [-0.05, 0) is 46.6 Å². The van der Waals surface area contributed by atoms with Crippen LogP contribution in [0.2, 0.25) is 0 Å². The Morgan fingerprint density at radius 1 is 1.32 bits per heavy atom.